The average molecular weight is 565 g/mol. The van der Waals surface area contributed by atoms with E-state index in [2.05, 4.69) is 27.9 Å². The Bertz CT molecular complexity index is 1270. The molecule has 4 rings (SSSR count). The summed E-state index contributed by atoms with van der Waals surface area (Å²) in [4.78, 5) is 12.9. The fourth-order valence-electron chi connectivity index (χ4n) is 3.35. The molecule has 0 bridgehead atoms. The van der Waals surface area contributed by atoms with E-state index >= 15 is 0 Å². The maximum atomic E-state index is 12.9. The molecule has 0 saturated carbocycles. The fourth-order valence-corrected chi connectivity index (χ4v) is 4.10. The number of amides is 1. The second kappa shape index (κ2) is 11.1. The van der Waals surface area contributed by atoms with Gasteiger partial charge in [-0.05, 0) is 89.2 Å². The van der Waals surface area contributed by atoms with Crippen molar-refractivity contribution >= 4 is 34.2 Å². The van der Waals surface area contributed by atoms with Crippen LogP contribution in [0.25, 0.3) is 0 Å². The molecule has 1 amide bonds. The van der Waals surface area contributed by atoms with Crippen molar-refractivity contribution < 1.29 is 19.0 Å². The molecule has 0 aliphatic heterocycles. The monoisotopic (exact) mass is 565 g/mol. The zero-order chi connectivity index (χ0) is 23.9. The number of carbonyl (C=O) groups is 1. The number of hydrogen-bond donors (Lipinski definition) is 1. The summed E-state index contributed by atoms with van der Waals surface area (Å²) in [6.45, 7) is 2.43. The van der Waals surface area contributed by atoms with Gasteiger partial charge >= 0.3 is 0 Å². The SMILES string of the molecule is COc1cc(C(=O)Nc2ccc(Oc3cccc(C)c3)cc2)cc(I)c1OCc1ccccc1. The molecular formula is C28H24INO4. The molecule has 4 aromatic carbocycles. The summed E-state index contributed by atoms with van der Waals surface area (Å²) in [5.41, 5.74) is 3.33. The second-order valence-electron chi connectivity index (χ2n) is 7.66. The third kappa shape index (κ3) is 6.08. The molecule has 34 heavy (non-hydrogen) atoms. The van der Waals surface area contributed by atoms with Crippen molar-refractivity contribution in [2.24, 2.45) is 0 Å². The molecule has 0 fully saturated rings. The van der Waals surface area contributed by atoms with Crippen LogP contribution in [0.15, 0.2) is 91.0 Å². The van der Waals surface area contributed by atoms with Gasteiger partial charge in [-0.15, -0.1) is 0 Å². The zero-order valence-corrected chi connectivity index (χ0v) is 21.0. The van der Waals surface area contributed by atoms with Gasteiger partial charge in [-0.25, -0.2) is 0 Å². The van der Waals surface area contributed by atoms with Crippen molar-refractivity contribution in [3.63, 3.8) is 0 Å². The predicted molar refractivity (Wildman–Crippen MR) is 142 cm³/mol. The predicted octanol–water partition coefficient (Wildman–Crippen LogP) is 7.23. The van der Waals surface area contributed by atoms with Crippen LogP contribution in [0.1, 0.15) is 21.5 Å². The lowest BCUT2D eigenvalue weighted by atomic mass is 10.1. The minimum Gasteiger partial charge on any atom is -0.493 e. The van der Waals surface area contributed by atoms with E-state index in [-0.39, 0.29) is 5.91 Å². The summed E-state index contributed by atoms with van der Waals surface area (Å²) in [5.74, 6) is 2.35. The molecule has 4 aromatic rings. The normalized spacial score (nSPS) is 10.4. The molecule has 0 unspecified atom stereocenters. The largest absolute Gasteiger partial charge is 0.493 e. The Kier molecular flexibility index (Phi) is 7.69. The van der Waals surface area contributed by atoms with Crippen molar-refractivity contribution in [3.05, 3.63) is 111 Å². The molecule has 0 heterocycles. The van der Waals surface area contributed by atoms with Crippen LogP contribution < -0.4 is 19.5 Å². The van der Waals surface area contributed by atoms with E-state index in [1.54, 1.807) is 19.2 Å². The van der Waals surface area contributed by atoms with Gasteiger partial charge in [-0.2, -0.15) is 0 Å². The van der Waals surface area contributed by atoms with Crippen molar-refractivity contribution in [3.8, 4) is 23.0 Å². The standard InChI is InChI=1S/C28H24INO4/c1-19-7-6-10-24(15-19)34-23-13-11-22(12-14-23)30-28(31)21-16-25(29)27(26(17-21)32-2)33-18-20-8-4-3-5-9-20/h3-17H,18H2,1-2H3,(H,30,31). The molecule has 6 heteroatoms. The van der Waals surface area contributed by atoms with E-state index in [1.165, 1.54) is 0 Å². The number of hydrogen-bond acceptors (Lipinski definition) is 4. The van der Waals surface area contributed by atoms with Gasteiger partial charge < -0.3 is 19.5 Å². The molecule has 0 radical (unpaired) electrons. The van der Waals surface area contributed by atoms with Gasteiger partial charge in [0.2, 0.25) is 0 Å². The lowest BCUT2D eigenvalue weighted by Gasteiger charge is -2.15. The summed E-state index contributed by atoms with van der Waals surface area (Å²) in [5, 5.41) is 2.92. The number of ether oxygens (including phenoxy) is 3. The quantitative estimate of drug-likeness (QED) is 0.229. The number of benzene rings is 4. The third-order valence-electron chi connectivity index (χ3n) is 5.06. The number of halogens is 1. The molecule has 0 atom stereocenters. The summed E-state index contributed by atoms with van der Waals surface area (Å²) >= 11 is 2.16. The Labute approximate surface area is 212 Å². The third-order valence-corrected chi connectivity index (χ3v) is 5.86. The minimum atomic E-state index is -0.238. The molecule has 172 valence electrons. The molecule has 0 aliphatic carbocycles. The molecule has 5 nitrogen and oxygen atoms in total. The van der Waals surface area contributed by atoms with Crippen LogP contribution in [0.4, 0.5) is 5.69 Å². The molecule has 0 saturated heterocycles. The highest BCUT2D eigenvalue weighted by Crippen LogP contribution is 2.35. The highest BCUT2D eigenvalue weighted by atomic mass is 127. The van der Waals surface area contributed by atoms with Crippen molar-refractivity contribution in [2.75, 3.05) is 12.4 Å². The Balaban J connectivity index is 1.43. The van der Waals surface area contributed by atoms with Gasteiger partial charge in [0.05, 0.1) is 10.7 Å². The second-order valence-corrected chi connectivity index (χ2v) is 8.82. The smallest absolute Gasteiger partial charge is 0.255 e. The molecule has 0 aromatic heterocycles. The topological polar surface area (TPSA) is 56.8 Å². The zero-order valence-electron chi connectivity index (χ0n) is 18.9. The van der Waals surface area contributed by atoms with Crippen LogP contribution in [0.2, 0.25) is 0 Å². The van der Waals surface area contributed by atoms with E-state index in [0.29, 0.717) is 35.1 Å². The van der Waals surface area contributed by atoms with Gasteiger partial charge in [0.15, 0.2) is 11.5 Å². The lowest BCUT2D eigenvalue weighted by molar-refractivity contribution is 0.102. The molecular weight excluding hydrogens is 541 g/mol. The number of carbonyl (C=O) groups excluding carboxylic acids is 1. The summed E-state index contributed by atoms with van der Waals surface area (Å²) in [7, 11) is 1.56. The van der Waals surface area contributed by atoms with Crippen LogP contribution in [0, 0.1) is 10.5 Å². The fraction of sp³-hybridized carbons (Fsp3) is 0.107. The maximum Gasteiger partial charge on any atom is 0.255 e. The van der Waals surface area contributed by atoms with Crippen LogP contribution in [0.5, 0.6) is 23.0 Å². The number of aryl methyl sites for hydroxylation is 1. The number of rotatable bonds is 8. The lowest BCUT2D eigenvalue weighted by Crippen LogP contribution is -2.13. The summed E-state index contributed by atoms with van der Waals surface area (Å²) < 4.78 is 18.2. The number of methoxy groups -OCH3 is 1. The first-order valence-corrected chi connectivity index (χ1v) is 11.8. The van der Waals surface area contributed by atoms with Gasteiger partial charge in [0.1, 0.15) is 18.1 Å². The number of anilines is 1. The average Bonchev–Trinajstić information content (AvgIpc) is 2.84. The van der Waals surface area contributed by atoms with Gasteiger partial charge in [-0.1, -0.05) is 42.5 Å². The van der Waals surface area contributed by atoms with Crippen LogP contribution >= 0.6 is 22.6 Å². The Morgan fingerprint density at radius 3 is 2.35 bits per heavy atom. The highest BCUT2D eigenvalue weighted by Gasteiger charge is 2.16. The Morgan fingerprint density at radius 2 is 1.65 bits per heavy atom. The van der Waals surface area contributed by atoms with E-state index in [1.807, 2.05) is 85.8 Å². The molecule has 0 aliphatic rings. The van der Waals surface area contributed by atoms with Gasteiger partial charge in [0, 0.05) is 11.3 Å². The van der Waals surface area contributed by atoms with Crippen molar-refractivity contribution in [1.82, 2.24) is 0 Å². The number of nitrogens with one attached hydrogen (secondary N) is 1. The van der Waals surface area contributed by atoms with Crippen molar-refractivity contribution in [2.45, 2.75) is 13.5 Å². The Hall–Kier alpha value is -3.52. The van der Waals surface area contributed by atoms with E-state index in [9.17, 15) is 4.79 Å². The summed E-state index contributed by atoms with van der Waals surface area (Å²) in [6.07, 6.45) is 0. The van der Waals surface area contributed by atoms with Crippen LogP contribution in [-0.2, 0) is 6.61 Å². The van der Waals surface area contributed by atoms with Gasteiger partial charge in [0.25, 0.3) is 5.91 Å². The minimum absolute atomic E-state index is 0.238. The van der Waals surface area contributed by atoms with E-state index < -0.39 is 0 Å². The molecule has 1 N–H and O–H groups in total. The van der Waals surface area contributed by atoms with Crippen LogP contribution in [0.3, 0.4) is 0 Å². The van der Waals surface area contributed by atoms with Gasteiger partial charge in [-0.3, -0.25) is 4.79 Å². The summed E-state index contributed by atoms with van der Waals surface area (Å²) in [6, 6.07) is 28.5. The van der Waals surface area contributed by atoms with E-state index in [4.69, 9.17) is 14.2 Å². The van der Waals surface area contributed by atoms with Crippen LogP contribution in [-0.4, -0.2) is 13.0 Å². The Morgan fingerprint density at radius 1 is 0.882 bits per heavy atom. The first-order valence-electron chi connectivity index (χ1n) is 10.7. The van der Waals surface area contributed by atoms with E-state index in [0.717, 1.165) is 20.4 Å². The first kappa shape index (κ1) is 23.6. The first-order chi connectivity index (χ1) is 16.5. The highest BCUT2D eigenvalue weighted by molar-refractivity contribution is 14.1. The maximum absolute atomic E-state index is 12.9. The van der Waals surface area contributed by atoms with Crippen molar-refractivity contribution in [1.29, 1.82) is 0 Å². The molecule has 0 spiro atoms.